The highest BCUT2D eigenvalue weighted by molar-refractivity contribution is 5.80. The van der Waals surface area contributed by atoms with E-state index >= 15 is 0 Å². The zero-order valence-electron chi connectivity index (χ0n) is 13.3. The summed E-state index contributed by atoms with van der Waals surface area (Å²) in [5.41, 5.74) is -0.741. The number of nitrogens with one attached hydrogen (secondary N) is 1. The Morgan fingerprint density at radius 1 is 1.29 bits per heavy atom. The van der Waals surface area contributed by atoms with Crippen LogP contribution in [0.25, 0.3) is 0 Å². The molecule has 2 heterocycles. The highest BCUT2D eigenvalue weighted by Crippen LogP contribution is 2.41. The van der Waals surface area contributed by atoms with Gasteiger partial charge < -0.3 is 5.11 Å². The first-order valence-corrected chi connectivity index (χ1v) is 8.49. The van der Waals surface area contributed by atoms with Crippen LogP contribution in [0.1, 0.15) is 39.5 Å². The van der Waals surface area contributed by atoms with Gasteiger partial charge in [-0.15, -0.1) is 0 Å². The molecular formula is C16H29N3O2. The van der Waals surface area contributed by atoms with E-state index in [4.69, 9.17) is 0 Å². The van der Waals surface area contributed by atoms with E-state index in [2.05, 4.69) is 29.0 Å². The molecule has 2 unspecified atom stereocenters. The van der Waals surface area contributed by atoms with E-state index in [1.54, 1.807) is 0 Å². The van der Waals surface area contributed by atoms with Crippen molar-refractivity contribution in [2.24, 2.45) is 5.92 Å². The number of carbonyl (C=O) groups is 1. The number of fused-ring (bicyclic) bond motifs is 1. The van der Waals surface area contributed by atoms with Gasteiger partial charge in [0.1, 0.15) is 5.54 Å². The number of piperazine rings is 1. The molecule has 0 amide bonds. The van der Waals surface area contributed by atoms with E-state index in [1.165, 1.54) is 19.4 Å². The van der Waals surface area contributed by atoms with Crippen LogP contribution in [0.5, 0.6) is 0 Å². The number of aliphatic carboxylic acids is 1. The predicted molar refractivity (Wildman–Crippen MR) is 82.4 cm³/mol. The predicted octanol–water partition coefficient (Wildman–Crippen LogP) is 0.998. The largest absolute Gasteiger partial charge is 0.480 e. The second-order valence-electron chi connectivity index (χ2n) is 7.42. The summed E-state index contributed by atoms with van der Waals surface area (Å²) in [6, 6.07) is 0.859. The summed E-state index contributed by atoms with van der Waals surface area (Å²) in [6.45, 7) is 9.15. The number of hydrogen-bond donors (Lipinski definition) is 2. The van der Waals surface area contributed by atoms with E-state index in [-0.39, 0.29) is 6.04 Å². The molecule has 0 radical (unpaired) electrons. The maximum atomic E-state index is 12.0. The molecule has 21 heavy (non-hydrogen) atoms. The van der Waals surface area contributed by atoms with Crippen LogP contribution in [-0.4, -0.2) is 71.2 Å². The first-order valence-electron chi connectivity index (χ1n) is 8.49. The summed E-state index contributed by atoms with van der Waals surface area (Å²) in [5.74, 6) is -0.355. The lowest BCUT2D eigenvalue weighted by molar-refractivity contribution is -0.147. The summed E-state index contributed by atoms with van der Waals surface area (Å²) in [6.07, 6.45) is 4.68. The van der Waals surface area contributed by atoms with Crippen LogP contribution in [0, 0.1) is 5.92 Å². The number of hydrogen-bond acceptors (Lipinski definition) is 4. The third kappa shape index (κ3) is 3.10. The van der Waals surface area contributed by atoms with Crippen molar-refractivity contribution in [3.05, 3.63) is 0 Å². The zero-order chi connectivity index (χ0) is 15.0. The maximum absolute atomic E-state index is 12.0. The number of carboxylic acids is 1. The monoisotopic (exact) mass is 295 g/mol. The van der Waals surface area contributed by atoms with Gasteiger partial charge in [0.05, 0.1) is 0 Å². The summed E-state index contributed by atoms with van der Waals surface area (Å²) in [5, 5.41) is 13.3. The molecule has 3 rings (SSSR count). The molecule has 2 N–H and O–H groups in total. The summed E-state index contributed by atoms with van der Waals surface area (Å²) >= 11 is 0. The van der Waals surface area contributed by atoms with Crippen molar-refractivity contribution < 1.29 is 9.90 Å². The van der Waals surface area contributed by atoms with Gasteiger partial charge in [-0.25, -0.2) is 0 Å². The third-order valence-electron chi connectivity index (χ3n) is 5.35. The Balaban J connectivity index is 1.70. The van der Waals surface area contributed by atoms with Crippen LogP contribution in [0.2, 0.25) is 0 Å². The first kappa shape index (κ1) is 15.3. The molecule has 0 bridgehead atoms. The number of nitrogens with zero attached hydrogens (tertiary/aromatic N) is 2. The molecule has 2 saturated heterocycles. The van der Waals surface area contributed by atoms with Gasteiger partial charge in [0.25, 0.3) is 0 Å². The second kappa shape index (κ2) is 5.86. The summed E-state index contributed by atoms with van der Waals surface area (Å²) < 4.78 is 0. The van der Waals surface area contributed by atoms with E-state index in [1.807, 2.05) is 0 Å². The summed E-state index contributed by atoms with van der Waals surface area (Å²) in [4.78, 5) is 17.0. The third-order valence-corrected chi connectivity index (χ3v) is 5.35. The second-order valence-corrected chi connectivity index (χ2v) is 7.42. The quantitative estimate of drug-likeness (QED) is 0.765. The minimum atomic E-state index is -0.741. The van der Waals surface area contributed by atoms with E-state index in [9.17, 15) is 9.90 Å². The molecule has 1 aliphatic carbocycles. The fourth-order valence-corrected chi connectivity index (χ4v) is 4.24. The van der Waals surface area contributed by atoms with E-state index in [0.29, 0.717) is 18.5 Å². The normalized spacial score (nSPS) is 30.3. The first-order chi connectivity index (χ1) is 10.0. The topological polar surface area (TPSA) is 55.8 Å². The van der Waals surface area contributed by atoms with Crippen molar-refractivity contribution in [2.45, 2.75) is 57.2 Å². The average Bonchev–Trinajstić information content (AvgIpc) is 3.16. The Morgan fingerprint density at radius 3 is 2.67 bits per heavy atom. The smallest absolute Gasteiger partial charge is 0.325 e. The Morgan fingerprint density at radius 2 is 2.05 bits per heavy atom. The Hall–Kier alpha value is -0.650. The minimum Gasteiger partial charge on any atom is -0.480 e. The Kier molecular flexibility index (Phi) is 4.26. The standard InChI is InChI=1S/C16H29N3O2/c1-12(2)17-16(15(20)21,13-5-6-13)11-18-8-9-19-7-3-4-14(19)10-18/h12-14,17H,3-11H2,1-2H3,(H,20,21). The molecule has 1 saturated carbocycles. The molecule has 0 spiro atoms. The fraction of sp³-hybridized carbons (Fsp3) is 0.938. The number of carboxylic acid groups (broad SMARTS) is 1. The van der Waals surface area contributed by atoms with Gasteiger partial charge in [0, 0.05) is 38.3 Å². The molecule has 5 nitrogen and oxygen atoms in total. The van der Waals surface area contributed by atoms with E-state index in [0.717, 1.165) is 32.5 Å². The van der Waals surface area contributed by atoms with Crippen molar-refractivity contribution in [1.82, 2.24) is 15.1 Å². The van der Waals surface area contributed by atoms with Crippen molar-refractivity contribution in [3.63, 3.8) is 0 Å². The highest BCUT2D eigenvalue weighted by atomic mass is 16.4. The lowest BCUT2D eigenvalue weighted by Crippen LogP contribution is -2.64. The molecule has 3 aliphatic rings. The molecule has 2 aliphatic heterocycles. The van der Waals surface area contributed by atoms with Crippen LogP contribution in [0.4, 0.5) is 0 Å². The van der Waals surface area contributed by atoms with Gasteiger partial charge in [-0.2, -0.15) is 0 Å². The average molecular weight is 295 g/mol. The molecule has 0 aromatic heterocycles. The number of rotatable bonds is 6. The van der Waals surface area contributed by atoms with Crippen LogP contribution >= 0.6 is 0 Å². The van der Waals surface area contributed by atoms with Gasteiger partial charge in [0.2, 0.25) is 0 Å². The van der Waals surface area contributed by atoms with Crippen LogP contribution in [-0.2, 0) is 4.79 Å². The zero-order valence-corrected chi connectivity index (χ0v) is 13.3. The van der Waals surface area contributed by atoms with Gasteiger partial charge >= 0.3 is 5.97 Å². The van der Waals surface area contributed by atoms with Gasteiger partial charge in [-0.1, -0.05) is 0 Å². The molecular weight excluding hydrogens is 266 g/mol. The molecule has 3 fully saturated rings. The molecule has 120 valence electrons. The van der Waals surface area contributed by atoms with Crippen LogP contribution in [0.3, 0.4) is 0 Å². The molecule has 0 aromatic carbocycles. The van der Waals surface area contributed by atoms with Crippen molar-refractivity contribution in [3.8, 4) is 0 Å². The Labute approximate surface area is 127 Å². The van der Waals surface area contributed by atoms with Crippen LogP contribution < -0.4 is 5.32 Å². The van der Waals surface area contributed by atoms with Crippen molar-refractivity contribution >= 4 is 5.97 Å². The SMILES string of the molecule is CC(C)NC(CN1CCN2CCCC2C1)(C(=O)O)C1CC1. The van der Waals surface area contributed by atoms with Gasteiger partial charge in [-0.3, -0.25) is 19.9 Å². The molecule has 5 heteroatoms. The van der Waals surface area contributed by atoms with Crippen molar-refractivity contribution in [2.75, 3.05) is 32.7 Å². The molecule has 2 atom stereocenters. The van der Waals surface area contributed by atoms with E-state index < -0.39 is 11.5 Å². The highest BCUT2D eigenvalue weighted by Gasteiger charge is 2.52. The van der Waals surface area contributed by atoms with Crippen LogP contribution in [0.15, 0.2) is 0 Å². The Bertz CT molecular complexity index is 397. The van der Waals surface area contributed by atoms with Crippen molar-refractivity contribution in [1.29, 1.82) is 0 Å². The lowest BCUT2D eigenvalue weighted by atomic mass is 9.90. The van der Waals surface area contributed by atoms with Gasteiger partial charge in [-0.05, 0) is 52.0 Å². The lowest BCUT2D eigenvalue weighted by Gasteiger charge is -2.43. The summed E-state index contributed by atoms with van der Waals surface area (Å²) in [7, 11) is 0. The molecule has 0 aromatic rings. The maximum Gasteiger partial charge on any atom is 0.325 e. The fourth-order valence-electron chi connectivity index (χ4n) is 4.24. The minimum absolute atomic E-state index is 0.203. The van der Waals surface area contributed by atoms with Gasteiger partial charge in [0.15, 0.2) is 0 Å².